The first-order chi connectivity index (χ1) is 10.9. The highest BCUT2D eigenvalue weighted by Gasteiger charge is 2.43. The van der Waals surface area contributed by atoms with Gasteiger partial charge in [0.1, 0.15) is 5.72 Å². The zero-order valence-corrected chi connectivity index (χ0v) is 15.7. The van der Waals surface area contributed by atoms with Crippen molar-refractivity contribution in [3.05, 3.63) is 0 Å². The van der Waals surface area contributed by atoms with E-state index in [9.17, 15) is 9.59 Å². The summed E-state index contributed by atoms with van der Waals surface area (Å²) in [5, 5.41) is 14.8. The molecular formula is C14H26N2O4S3. The fourth-order valence-corrected chi connectivity index (χ4v) is 3.56. The van der Waals surface area contributed by atoms with Crippen LogP contribution >= 0.6 is 37.9 Å². The molecule has 0 aromatic carbocycles. The number of carbonyl (C=O) groups excluding carboxylic acids is 1. The van der Waals surface area contributed by atoms with Crippen LogP contribution in [0.4, 0.5) is 0 Å². The third-order valence-electron chi connectivity index (χ3n) is 3.58. The van der Waals surface area contributed by atoms with Crippen LogP contribution in [0.15, 0.2) is 0 Å². The van der Waals surface area contributed by atoms with E-state index in [0.717, 1.165) is 18.6 Å². The van der Waals surface area contributed by atoms with Gasteiger partial charge in [-0.1, -0.05) is 0 Å². The number of hydrogen-bond acceptors (Lipinski definition) is 7. The van der Waals surface area contributed by atoms with Gasteiger partial charge in [0.05, 0.1) is 13.2 Å². The minimum absolute atomic E-state index is 0.0584. The van der Waals surface area contributed by atoms with Crippen molar-refractivity contribution in [3.63, 3.8) is 0 Å². The molecule has 0 aromatic rings. The van der Waals surface area contributed by atoms with Crippen LogP contribution in [0.5, 0.6) is 0 Å². The van der Waals surface area contributed by atoms with Crippen molar-refractivity contribution in [2.75, 3.05) is 25.4 Å². The monoisotopic (exact) mass is 382 g/mol. The Hall–Kier alpha value is -0.0900. The van der Waals surface area contributed by atoms with Gasteiger partial charge in [-0.25, -0.2) is 0 Å². The molecule has 1 saturated heterocycles. The first-order valence-corrected chi connectivity index (χ1v) is 9.38. The molecule has 134 valence electrons. The molecule has 1 aliphatic heterocycles. The van der Waals surface area contributed by atoms with Gasteiger partial charge in [0.2, 0.25) is 5.91 Å². The molecule has 1 heterocycles. The maximum Gasteiger partial charge on any atom is 0.303 e. The van der Waals surface area contributed by atoms with Gasteiger partial charge in [0.15, 0.2) is 0 Å². The molecule has 0 spiro atoms. The Bertz CT molecular complexity index is 394. The lowest BCUT2D eigenvalue weighted by Gasteiger charge is -2.17. The number of aliphatic carboxylic acids is 1. The summed E-state index contributed by atoms with van der Waals surface area (Å²) in [4.78, 5) is 22.3. The third-order valence-corrected chi connectivity index (χ3v) is 4.70. The Balaban J connectivity index is 2.13. The van der Waals surface area contributed by atoms with Crippen LogP contribution in [0, 0.1) is 0 Å². The topological polar surface area (TPSA) is 91.0 Å². The van der Waals surface area contributed by atoms with Crippen molar-refractivity contribution in [1.29, 1.82) is 0 Å². The molecule has 0 aromatic heterocycles. The standard InChI is InChI=1S/C14H26N2O4S3/c17-12(15-7-11(23)6-10(22)3-5-21)8-16-14(9-20-14)4-1-2-13(18)19/h10-11,16,21-23H,1-9H2,(H,15,17)(H,18,19). The SMILES string of the molecule is O=C(O)CCCC1(NCC(=O)NCC(S)CC(S)CCS)CO1. The zero-order valence-electron chi connectivity index (χ0n) is 13.0. The zero-order chi connectivity index (χ0) is 17.3. The van der Waals surface area contributed by atoms with Crippen molar-refractivity contribution in [2.24, 2.45) is 0 Å². The maximum absolute atomic E-state index is 11.8. The summed E-state index contributed by atoms with van der Waals surface area (Å²) in [7, 11) is 0. The smallest absolute Gasteiger partial charge is 0.303 e. The highest BCUT2D eigenvalue weighted by atomic mass is 32.1. The largest absolute Gasteiger partial charge is 0.481 e. The van der Waals surface area contributed by atoms with Gasteiger partial charge in [0, 0.05) is 23.5 Å². The van der Waals surface area contributed by atoms with E-state index in [-0.39, 0.29) is 29.4 Å². The van der Waals surface area contributed by atoms with Crippen LogP contribution in [0.1, 0.15) is 32.1 Å². The number of ether oxygens (including phenoxy) is 1. The Kier molecular flexibility index (Phi) is 9.76. The van der Waals surface area contributed by atoms with Crippen LogP contribution in [-0.2, 0) is 14.3 Å². The van der Waals surface area contributed by atoms with Gasteiger partial charge < -0.3 is 15.2 Å². The molecule has 3 atom stereocenters. The fourth-order valence-electron chi connectivity index (χ4n) is 2.15. The molecule has 1 fully saturated rings. The van der Waals surface area contributed by atoms with E-state index in [4.69, 9.17) is 9.84 Å². The van der Waals surface area contributed by atoms with Crippen LogP contribution < -0.4 is 10.6 Å². The van der Waals surface area contributed by atoms with E-state index < -0.39 is 11.7 Å². The second-order valence-electron chi connectivity index (χ2n) is 5.74. The molecule has 1 amide bonds. The van der Waals surface area contributed by atoms with Gasteiger partial charge in [0.25, 0.3) is 0 Å². The fraction of sp³-hybridized carbons (Fsp3) is 0.857. The number of carboxylic acid groups (broad SMARTS) is 1. The summed E-state index contributed by atoms with van der Waals surface area (Å²) < 4.78 is 5.32. The van der Waals surface area contributed by atoms with Crippen molar-refractivity contribution in [3.8, 4) is 0 Å². The Morgan fingerprint density at radius 3 is 2.57 bits per heavy atom. The molecule has 0 bridgehead atoms. The van der Waals surface area contributed by atoms with E-state index in [1.54, 1.807) is 0 Å². The number of rotatable bonds is 13. The molecular weight excluding hydrogens is 356 g/mol. The van der Waals surface area contributed by atoms with Crippen molar-refractivity contribution in [1.82, 2.24) is 10.6 Å². The number of thiol groups is 3. The molecule has 6 nitrogen and oxygen atoms in total. The van der Waals surface area contributed by atoms with Crippen molar-refractivity contribution < 1.29 is 19.4 Å². The molecule has 0 saturated carbocycles. The first kappa shape index (κ1) is 21.0. The molecule has 3 N–H and O–H groups in total. The first-order valence-electron chi connectivity index (χ1n) is 7.71. The number of hydrogen-bond donors (Lipinski definition) is 6. The van der Waals surface area contributed by atoms with Crippen LogP contribution in [-0.4, -0.2) is 58.7 Å². The normalized spacial score (nSPS) is 22.4. The average molecular weight is 383 g/mol. The number of carbonyl (C=O) groups is 2. The number of nitrogens with one attached hydrogen (secondary N) is 2. The minimum Gasteiger partial charge on any atom is -0.481 e. The predicted octanol–water partition coefficient (Wildman–Crippen LogP) is 0.980. The predicted molar refractivity (Wildman–Crippen MR) is 99.8 cm³/mol. The van der Waals surface area contributed by atoms with Gasteiger partial charge in [-0.2, -0.15) is 37.9 Å². The maximum atomic E-state index is 11.8. The summed E-state index contributed by atoms with van der Waals surface area (Å²) >= 11 is 13.1. The molecule has 1 aliphatic rings. The van der Waals surface area contributed by atoms with E-state index in [1.165, 1.54) is 0 Å². The summed E-state index contributed by atoms with van der Waals surface area (Å²) in [6, 6.07) is 0. The number of amides is 1. The van der Waals surface area contributed by atoms with Crippen LogP contribution in [0.3, 0.4) is 0 Å². The lowest BCUT2D eigenvalue weighted by Crippen LogP contribution is -2.43. The Morgan fingerprint density at radius 1 is 1.30 bits per heavy atom. The van der Waals surface area contributed by atoms with Crippen molar-refractivity contribution >= 4 is 49.8 Å². The van der Waals surface area contributed by atoms with Crippen LogP contribution in [0.2, 0.25) is 0 Å². The highest BCUT2D eigenvalue weighted by molar-refractivity contribution is 7.82. The van der Waals surface area contributed by atoms with Gasteiger partial charge in [-0.3, -0.25) is 14.9 Å². The van der Waals surface area contributed by atoms with E-state index >= 15 is 0 Å². The number of epoxide rings is 1. The summed E-state index contributed by atoms with van der Waals surface area (Å²) in [6.45, 7) is 1.15. The van der Waals surface area contributed by atoms with Crippen LogP contribution in [0.25, 0.3) is 0 Å². The van der Waals surface area contributed by atoms with E-state index in [2.05, 4.69) is 48.5 Å². The van der Waals surface area contributed by atoms with Gasteiger partial charge in [-0.05, 0) is 31.4 Å². The lowest BCUT2D eigenvalue weighted by atomic mass is 10.1. The Morgan fingerprint density at radius 2 is 2.00 bits per heavy atom. The quantitative estimate of drug-likeness (QED) is 0.211. The molecule has 23 heavy (non-hydrogen) atoms. The molecule has 1 rings (SSSR count). The summed E-state index contributed by atoms with van der Waals surface area (Å²) in [6.07, 6.45) is 2.94. The molecule has 3 unspecified atom stereocenters. The summed E-state index contributed by atoms with van der Waals surface area (Å²) in [5.41, 5.74) is -0.518. The molecule has 0 radical (unpaired) electrons. The highest BCUT2D eigenvalue weighted by Crippen LogP contribution is 2.29. The van der Waals surface area contributed by atoms with Gasteiger partial charge >= 0.3 is 5.97 Å². The van der Waals surface area contributed by atoms with E-state index in [1.807, 2.05) is 0 Å². The molecule has 0 aliphatic carbocycles. The third kappa shape index (κ3) is 9.71. The minimum atomic E-state index is -0.821. The average Bonchev–Trinajstić information content (AvgIpc) is 3.23. The summed E-state index contributed by atoms with van der Waals surface area (Å²) in [5.74, 6) is -0.157. The van der Waals surface area contributed by atoms with Gasteiger partial charge in [-0.15, -0.1) is 0 Å². The second-order valence-corrected chi connectivity index (χ2v) is 7.65. The van der Waals surface area contributed by atoms with E-state index in [0.29, 0.717) is 26.0 Å². The Labute approximate surface area is 153 Å². The lowest BCUT2D eigenvalue weighted by molar-refractivity contribution is -0.137. The van der Waals surface area contributed by atoms with Crippen molar-refractivity contribution in [2.45, 2.75) is 48.3 Å². The number of carboxylic acids is 1. The molecule has 9 heteroatoms. The second kappa shape index (κ2) is 10.7.